The van der Waals surface area contributed by atoms with Crippen LogP contribution in [0.25, 0.3) is 0 Å². The lowest BCUT2D eigenvalue weighted by Crippen LogP contribution is -2.41. The van der Waals surface area contributed by atoms with Crippen molar-refractivity contribution in [3.05, 3.63) is 59.7 Å². The molecule has 2 aliphatic heterocycles. The Morgan fingerprint density at radius 1 is 1.17 bits per heavy atom. The summed E-state index contributed by atoms with van der Waals surface area (Å²) in [7, 11) is 0. The topological polar surface area (TPSA) is 61.9 Å². The molecule has 0 aromatic heterocycles. The Hall–Kier alpha value is -2.70. The first-order chi connectivity index (χ1) is 14.1. The first-order valence-corrected chi connectivity index (χ1v) is 10.2. The summed E-state index contributed by atoms with van der Waals surface area (Å²) in [6.45, 7) is 5.04. The SMILES string of the molecule is Cc1cccc(CN2CCCC2C(=O)Nc2ccc(N3CCOCC3=O)cc2)c1. The van der Waals surface area contributed by atoms with Crippen LogP contribution in [-0.4, -0.2) is 49.1 Å². The number of morpholine rings is 1. The van der Waals surface area contributed by atoms with Crippen LogP contribution in [0.4, 0.5) is 11.4 Å². The number of benzene rings is 2. The molecule has 2 fully saturated rings. The summed E-state index contributed by atoms with van der Waals surface area (Å²) < 4.78 is 5.17. The number of aryl methyl sites for hydroxylation is 1. The Labute approximate surface area is 171 Å². The van der Waals surface area contributed by atoms with Gasteiger partial charge in [-0.1, -0.05) is 29.8 Å². The van der Waals surface area contributed by atoms with Gasteiger partial charge in [-0.3, -0.25) is 14.5 Å². The van der Waals surface area contributed by atoms with Gasteiger partial charge in [-0.25, -0.2) is 0 Å². The fourth-order valence-corrected chi connectivity index (χ4v) is 4.10. The average Bonchev–Trinajstić information content (AvgIpc) is 3.17. The van der Waals surface area contributed by atoms with E-state index in [2.05, 4.69) is 41.4 Å². The molecule has 0 spiro atoms. The molecule has 0 radical (unpaired) electrons. The fourth-order valence-electron chi connectivity index (χ4n) is 4.10. The molecule has 0 saturated carbocycles. The first kappa shape index (κ1) is 19.6. The number of hydrogen-bond donors (Lipinski definition) is 1. The number of nitrogens with one attached hydrogen (secondary N) is 1. The van der Waals surface area contributed by atoms with Gasteiger partial charge in [0, 0.05) is 24.5 Å². The molecule has 2 aromatic carbocycles. The van der Waals surface area contributed by atoms with Gasteiger partial charge in [0.05, 0.1) is 12.6 Å². The van der Waals surface area contributed by atoms with E-state index < -0.39 is 0 Å². The lowest BCUT2D eigenvalue weighted by molar-refractivity contribution is -0.125. The molecule has 0 bridgehead atoms. The summed E-state index contributed by atoms with van der Waals surface area (Å²) in [4.78, 5) is 28.8. The minimum absolute atomic E-state index is 0.0327. The van der Waals surface area contributed by atoms with Crippen molar-refractivity contribution in [2.75, 3.05) is 36.5 Å². The molecular formula is C23H27N3O3. The van der Waals surface area contributed by atoms with Gasteiger partial charge in [0.1, 0.15) is 6.61 Å². The molecule has 6 nitrogen and oxygen atoms in total. The van der Waals surface area contributed by atoms with E-state index in [9.17, 15) is 9.59 Å². The molecule has 6 heteroatoms. The van der Waals surface area contributed by atoms with Crippen LogP contribution in [0.3, 0.4) is 0 Å². The van der Waals surface area contributed by atoms with E-state index >= 15 is 0 Å². The Kier molecular flexibility index (Phi) is 5.92. The third kappa shape index (κ3) is 4.66. The molecule has 1 atom stereocenters. The van der Waals surface area contributed by atoms with Crippen molar-refractivity contribution in [2.24, 2.45) is 0 Å². The number of amides is 2. The maximum atomic E-state index is 12.9. The molecule has 2 aliphatic rings. The van der Waals surface area contributed by atoms with Gasteiger partial charge >= 0.3 is 0 Å². The highest BCUT2D eigenvalue weighted by molar-refractivity contribution is 5.97. The monoisotopic (exact) mass is 393 g/mol. The highest BCUT2D eigenvalue weighted by Crippen LogP contribution is 2.24. The maximum Gasteiger partial charge on any atom is 0.253 e. The first-order valence-electron chi connectivity index (χ1n) is 10.2. The maximum absolute atomic E-state index is 12.9. The molecule has 2 saturated heterocycles. The van der Waals surface area contributed by atoms with Crippen molar-refractivity contribution in [2.45, 2.75) is 32.4 Å². The van der Waals surface area contributed by atoms with Gasteiger partial charge in [-0.2, -0.15) is 0 Å². The van der Waals surface area contributed by atoms with Crippen LogP contribution in [0, 0.1) is 6.92 Å². The van der Waals surface area contributed by atoms with Gasteiger partial charge < -0.3 is 15.0 Å². The van der Waals surface area contributed by atoms with E-state index in [0.29, 0.717) is 13.2 Å². The zero-order valence-corrected chi connectivity index (χ0v) is 16.8. The summed E-state index contributed by atoms with van der Waals surface area (Å²) >= 11 is 0. The van der Waals surface area contributed by atoms with Gasteiger partial charge in [-0.15, -0.1) is 0 Å². The van der Waals surface area contributed by atoms with Crippen molar-refractivity contribution < 1.29 is 14.3 Å². The predicted octanol–water partition coefficient (Wildman–Crippen LogP) is 2.96. The number of ether oxygens (including phenoxy) is 1. The average molecular weight is 393 g/mol. The van der Waals surface area contributed by atoms with E-state index in [4.69, 9.17) is 4.74 Å². The third-order valence-electron chi connectivity index (χ3n) is 5.57. The molecule has 4 rings (SSSR count). The Bertz CT molecular complexity index is 881. The number of anilines is 2. The van der Waals surface area contributed by atoms with Crippen molar-refractivity contribution in [1.29, 1.82) is 0 Å². The standard InChI is InChI=1S/C23H27N3O3/c1-17-4-2-5-18(14-17)15-25-11-3-6-21(25)23(28)24-19-7-9-20(10-8-19)26-12-13-29-16-22(26)27/h2,4-5,7-10,14,21H,3,6,11-13,15-16H2,1H3,(H,24,28). The molecule has 2 amide bonds. The van der Waals surface area contributed by atoms with Crippen molar-refractivity contribution in [1.82, 2.24) is 4.90 Å². The van der Waals surface area contributed by atoms with E-state index in [1.807, 2.05) is 24.3 Å². The smallest absolute Gasteiger partial charge is 0.253 e. The highest BCUT2D eigenvalue weighted by atomic mass is 16.5. The second kappa shape index (κ2) is 8.76. The van der Waals surface area contributed by atoms with Crippen LogP contribution in [-0.2, 0) is 20.9 Å². The number of carbonyl (C=O) groups is 2. The minimum Gasteiger partial charge on any atom is -0.370 e. The molecule has 2 aromatic rings. The van der Waals surface area contributed by atoms with E-state index in [1.54, 1.807) is 4.90 Å². The van der Waals surface area contributed by atoms with Crippen LogP contribution in [0.2, 0.25) is 0 Å². The molecule has 29 heavy (non-hydrogen) atoms. The lowest BCUT2D eigenvalue weighted by atomic mass is 10.1. The summed E-state index contributed by atoms with van der Waals surface area (Å²) in [5, 5.41) is 3.04. The fraction of sp³-hybridized carbons (Fsp3) is 0.391. The summed E-state index contributed by atoms with van der Waals surface area (Å²) in [6, 6.07) is 15.8. The molecule has 1 unspecified atom stereocenters. The Balaban J connectivity index is 1.38. The normalized spacial score (nSPS) is 20.1. The second-order valence-electron chi connectivity index (χ2n) is 7.75. The number of hydrogen-bond acceptors (Lipinski definition) is 4. The van der Waals surface area contributed by atoms with E-state index in [0.717, 1.165) is 37.3 Å². The van der Waals surface area contributed by atoms with Gasteiger partial charge in [0.2, 0.25) is 5.91 Å². The Morgan fingerprint density at radius 3 is 2.76 bits per heavy atom. The summed E-state index contributed by atoms with van der Waals surface area (Å²) in [5.41, 5.74) is 4.06. The summed E-state index contributed by atoms with van der Waals surface area (Å²) in [6.07, 6.45) is 1.90. The summed E-state index contributed by atoms with van der Waals surface area (Å²) in [5.74, 6) is -0.00358. The molecule has 152 valence electrons. The number of rotatable bonds is 5. The molecule has 0 aliphatic carbocycles. The second-order valence-corrected chi connectivity index (χ2v) is 7.75. The predicted molar refractivity (Wildman–Crippen MR) is 113 cm³/mol. The van der Waals surface area contributed by atoms with Crippen molar-refractivity contribution in [3.63, 3.8) is 0 Å². The van der Waals surface area contributed by atoms with Gasteiger partial charge in [0.25, 0.3) is 5.91 Å². The van der Waals surface area contributed by atoms with Crippen molar-refractivity contribution in [3.8, 4) is 0 Å². The third-order valence-corrected chi connectivity index (χ3v) is 5.57. The largest absolute Gasteiger partial charge is 0.370 e. The zero-order valence-electron chi connectivity index (χ0n) is 16.8. The van der Waals surface area contributed by atoms with Crippen LogP contribution in [0.5, 0.6) is 0 Å². The quantitative estimate of drug-likeness (QED) is 0.848. The number of likely N-dealkylation sites (tertiary alicyclic amines) is 1. The lowest BCUT2D eigenvalue weighted by Gasteiger charge is -2.27. The molecule has 1 N–H and O–H groups in total. The van der Waals surface area contributed by atoms with Crippen LogP contribution in [0.15, 0.2) is 48.5 Å². The molecule has 2 heterocycles. The van der Waals surface area contributed by atoms with E-state index in [-0.39, 0.29) is 24.5 Å². The van der Waals surface area contributed by atoms with Crippen LogP contribution >= 0.6 is 0 Å². The van der Waals surface area contributed by atoms with E-state index in [1.165, 1.54) is 11.1 Å². The highest BCUT2D eigenvalue weighted by Gasteiger charge is 2.30. The van der Waals surface area contributed by atoms with Crippen molar-refractivity contribution >= 4 is 23.2 Å². The van der Waals surface area contributed by atoms with Crippen LogP contribution in [0.1, 0.15) is 24.0 Å². The van der Waals surface area contributed by atoms with Gasteiger partial charge in [-0.05, 0) is 56.1 Å². The zero-order chi connectivity index (χ0) is 20.2. The minimum atomic E-state index is -0.115. The molecular weight excluding hydrogens is 366 g/mol. The van der Waals surface area contributed by atoms with Crippen LogP contribution < -0.4 is 10.2 Å². The van der Waals surface area contributed by atoms with Gasteiger partial charge in [0.15, 0.2) is 0 Å². The number of carbonyl (C=O) groups excluding carboxylic acids is 2. The number of nitrogens with zero attached hydrogens (tertiary/aromatic N) is 2. The Morgan fingerprint density at radius 2 is 2.00 bits per heavy atom.